The third-order valence-corrected chi connectivity index (χ3v) is 8.88. The SMILES string of the molecule is CC(C)Cc1ccc(C2c3c(ccc4cc(Oc5ccc(O)cc5)ccc34)Oc3ccc4cc(Oc5ccc(O)cc5)ccc4c32)cc1. The van der Waals surface area contributed by atoms with E-state index in [1.165, 1.54) is 11.1 Å². The van der Waals surface area contributed by atoms with Gasteiger partial charge in [0.2, 0.25) is 0 Å². The average molecular weight is 631 g/mol. The zero-order chi connectivity index (χ0) is 32.8. The molecule has 0 fully saturated rings. The predicted octanol–water partition coefficient (Wildman–Crippen LogP) is 11.5. The molecule has 8 rings (SSSR count). The van der Waals surface area contributed by atoms with Gasteiger partial charge in [-0.2, -0.15) is 0 Å². The van der Waals surface area contributed by atoms with E-state index in [1.807, 2.05) is 12.1 Å². The fraction of sp³-hybridized carbons (Fsp3) is 0.116. The quantitative estimate of drug-likeness (QED) is 0.183. The van der Waals surface area contributed by atoms with Crippen molar-refractivity contribution in [2.45, 2.75) is 26.2 Å². The van der Waals surface area contributed by atoms with E-state index in [9.17, 15) is 10.2 Å². The van der Waals surface area contributed by atoms with Gasteiger partial charge >= 0.3 is 0 Å². The van der Waals surface area contributed by atoms with Gasteiger partial charge in [0, 0.05) is 17.0 Å². The van der Waals surface area contributed by atoms with Crippen molar-refractivity contribution in [2.75, 3.05) is 0 Å². The number of phenols is 2. The first kappa shape index (κ1) is 29.5. The monoisotopic (exact) mass is 630 g/mol. The van der Waals surface area contributed by atoms with Gasteiger partial charge in [-0.25, -0.2) is 0 Å². The van der Waals surface area contributed by atoms with Crippen LogP contribution in [0.15, 0.2) is 133 Å². The third kappa shape index (κ3) is 5.64. The Morgan fingerprint density at radius 1 is 0.542 bits per heavy atom. The Morgan fingerprint density at radius 3 is 1.46 bits per heavy atom. The highest BCUT2D eigenvalue weighted by atomic mass is 16.5. The number of ether oxygens (including phenoxy) is 3. The molecule has 0 unspecified atom stereocenters. The van der Waals surface area contributed by atoms with Crippen molar-refractivity contribution in [3.05, 3.63) is 156 Å². The summed E-state index contributed by atoms with van der Waals surface area (Å²) in [6.07, 6.45) is 1.03. The van der Waals surface area contributed by atoms with Crippen molar-refractivity contribution >= 4 is 21.5 Å². The molecule has 0 radical (unpaired) electrons. The Labute approximate surface area is 279 Å². The van der Waals surface area contributed by atoms with E-state index in [-0.39, 0.29) is 17.4 Å². The number of aromatic hydroxyl groups is 2. The Balaban J connectivity index is 1.26. The van der Waals surface area contributed by atoms with Gasteiger partial charge in [-0.15, -0.1) is 0 Å². The largest absolute Gasteiger partial charge is 0.508 e. The van der Waals surface area contributed by atoms with Gasteiger partial charge in [0.15, 0.2) is 0 Å². The summed E-state index contributed by atoms with van der Waals surface area (Å²) in [6, 6.07) is 43.1. The zero-order valence-electron chi connectivity index (χ0n) is 26.7. The van der Waals surface area contributed by atoms with Crippen LogP contribution in [0.3, 0.4) is 0 Å². The molecule has 7 aromatic carbocycles. The number of phenolic OH excluding ortho intramolecular Hbond substituents is 2. The van der Waals surface area contributed by atoms with Crippen LogP contribution in [0.1, 0.15) is 42.0 Å². The van der Waals surface area contributed by atoms with Crippen LogP contribution >= 0.6 is 0 Å². The molecule has 5 nitrogen and oxygen atoms in total. The molecule has 5 heteroatoms. The molecule has 2 N–H and O–H groups in total. The molecule has 0 amide bonds. The van der Waals surface area contributed by atoms with Gasteiger partial charge in [0.25, 0.3) is 0 Å². The molecule has 1 aliphatic rings. The summed E-state index contributed by atoms with van der Waals surface area (Å²) in [4.78, 5) is 0. The van der Waals surface area contributed by atoms with Crippen LogP contribution in [-0.2, 0) is 6.42 Å². The van der Waals surface area contributed by atoms with E-state index in [0.29, 0.717) is 28.9 Å². The van der Waals surface area contributed by atoms with E-state index < -0.39 is 0 Å². The highest BCUT2D eigenvalue weighted by molar-refractivity contribution is 5.96. The van der Waals surface area contributed by atoms with E-state index in [1.54, 1.807) is 48.5 Å². The zero-order valence-corrected chi connectivity index (χ0v) is 26.7. The van der Waals surface area contributed by atoms with Gasteiger partial charge in [0.05, 0.1) is 0 Å². The van der Waals surface area contributed by atoms with E-state index >= 15 is 0 Å². The van der Waals surface area contributed by atoms with Crippen LogP contribution in [0.25, 0.3) is 21.5 Å². The summed E-state index contributed by atoms with van der Waals surface area (Å²) in [7, 11) is 0. The summed E-state index contributed by atoms with van der Waals surface area (Å²) < 4.78 is 19.0. The number of fused-ring (bicyclic) bond motifs is 6. The number of rotatable bonds is 7. The van der Waals surface area contributed by atoms with Crippen LogP contribution < -0.4 is 14.2 Å². The van der Waals surface area contributed by atoms with Crippen molar-refractivity contribution < 1.29 is 24.4 Å². The molecular weight excluding hydrogens is 596 g/mol. The van der Waals surface area contributed by atoms with E-state index in [4.69, 9.17) is 14.2 Å². The minimum Gasteiger partial charge on any atom is -0.508 e. The molecule has 0 atom stereocenters. The van der Waals surface area contributed by atoms with Crippen LogP contribution in [0.4, 0.5) is 0 Å². The lowest BCUT2D eigenvalue weighted by Crippen LogP contribution is -2.13. The van der Waals surface area contributed by atoms with Gasteiger partial charge in [0.1, 0.15) is 46.0 Å². The molecule has 1 aliphatic heterocycles. The molecule has 0 saturated heterocycles. The summed E-state index contributed by atoms with van der Waals surface area (Å²) >= 11 is 0. The Hall–Kier alpha value is -5.94. The van der Waals surface area contributed by atoms with Crippen molar-refractivity contribution in [1.29, 1.82) is 0 Å². The molecule has 0 saturated carbocycles. The van der Waals surface area contributed by atoms with Gasteiger partial charge in [-0.05, 0) is 130 Å². The maximum Gasteiger partial charge on any atom is 0.132 e. The summed E-state index contributed by atoms with van der Waals surface area (Å²) in [5.74, 6) is 5.30. The van der Waals surface area contributed by atoms with Crippen LogP contribution in [0.5, 0.6) is 46.0 Å². The van der Waals surface area contributed by atoms with Crippen LogP contribution in [0, 0.1) is 5.92 Å². The topological polar surface area (TPSA) is 68.2 Å². The molecule has 0 aliphatic carbocycles. The second-order valence-corrected chi connectivity index (χ2v) is 12.8. The third-order valence-electron chi connectivity index (χ3n) is 8.88. The number of benzene rings is 7. The minimum absolute atomic E-state index is 0.0861. The molecule has 0 aromatic heterocycles. The Kier molecular flexibility index (Phi) is 7.37. The lowest BCUT2D eigenvalue weighted by atomic mass is 9.78. The van der Waals surface area contributed by atoms with Gasteiger partial charge in [-0.3, -0.25) is 0 Å². The molecule has 48 heavy (non-hydrogen) atoms. The van der Waals surface area contributed by atoms with Gasteiger partial charge in [-0.1, -0.05) is 62.4 Å². The second-order valence-electron chi connectivity index (χ2n) is 12.8. The number of hydrogen-bond acceptors (Lipinski definition) is 5. The number of hydrogen-bond donors (Lipinski definition) is 2. The molecule has 7 aromatic rings. The van der Waals surface area contributed by atoms with Crippen molar-refractivity contribution in [2.24, 2.45) is 5.92 Å². The minimum atomic E-state index is -0.0861. The molecular formula is C43H34O5. The molecule has 1 heterocycles. The van der Waals surface area contributed by atoms with Crippen LogP contribution in [0.2, 0.25) is 0 Å². The smallest absolute Gasteiger partial charge is 0.132 e. The summed E-state index contributed by atoms with van der Waals surface area (Å²) in [5, 5.41) is 23.6. The highest BCUT2D eigenvalue weighted by Gasteiger charge is 2.32. The second kappa shape index (κ2) is 12.0. The molecule has 0 bridgehead atoms. The summed E-state index contributed by atoms with van der Waals surface area (Å²) in [5.41, 5.74) is 4.75. The first-order chi connectivity index (χ1) is 23.4. The Morgan fingerprint density at radius 2 is 1.00 bits per heavy atom. The fourth-order valence-electron chi connectivity index (χ4n) is 6.74. The standard InChI is InChI=1S/C43H34O5/c1-26(2)23-27-3-5-28(6-4-27)41-42-37-19-17-35(46-33-13-9-31(44)10-14-33)24-29(37)7-21-39(42)48-40-22-8-30-25-36(18-20-38(30)43(40)41)47-34-15-11-32(45)12-16-34/h3-22,24-26,41,44-45H,23H2,1-2H3. The van der Waals surface area contributed by atoms with Crippen molar-refractivity contribution in [3.63, 3.8) is 0 Å². The van der Waals surface area contributed by atoms with Crippen LogP contribution in [-0.4, -0.2) is 10.2 Å². The first-order valence-corrected chi connectivity index (χ1v) is 16.2. The molecule has 236 valence electrons. The average Bonchev–Trinajstić information content (AvgIpc) is 3.09. The first-order valence-electron chi connectivity index (χ1n) is 16.2. The Bertz CT molecular complexity index is 2130. The van der Waals surface area contributed by atoms with Crippen molar-refractivity contribution in [3.8, 4) is 46.0 Å². The van der Waals surface area contributed by atoms with Gasteiger partial charge < -0.3 is 24.4 Å². The van der Waals surface area contributed by atoms with Crippen molar-refractivity contribution in [1.82, 2.24) is 0 Å². The fourth-order valence-corrected chi connectivity index (χ4v) is 6.74. The maximum absolute atomic E-state index is 9.69. The lowest BCUT2D eigenvalue weighted by molar-refractivity contribution is 0.455. The predicted molar refractivity (Wildman–Crippen MR) is 190 cm³/mol. The van der Waals surface area contributed by atoms with E-state index in [0.717, 1.165) is 50.6 Å². The maximum atomic E-state index is 9.69. The normalized spacial score (nSPS) is 12.5. The molecule has 0 spiro atoms. The summed E-state index contributed by atoms with van der Waals surface area (Å²) in [6.45, 7) is 4.49. The lowest BCUT2D eigenvalue weighted by Gasteiger charge is -2.31. The van der Waals surface area contributed by atoms with E-state index in [2.05, 4.69) is 86.6 Å². The highest BCUT2D eigenvalue weighted by Crippen LogP contribution is 2.52.